The minimum Gasteiger partial charge on any atom is -0.463 e. The summed E-state index contributed by atoms with van der Waals surface area (Å²) in [5.74, 6) is -0.359. The summed E-state index contributed by atoms with van der Waals surface area (Å²) in [4.78, 5) is 20.5. The molecule has 0 saturated carbocycles. The highest BCUT2D eigenvalue weighted by Crippen LogP contribution is 2.14. The third kappa shape index (κ3) is 8.43. The lowest BCUT2D eigenvalue weighted by Crippen LogP contribution is -2.15. The van der Waals surface area contributed by atoms with Crippen LogP contribution < -0.4 is 5.73 Å². The first kappa shape index (κ1) is 16.7. The number of carbonyl (C=O) groups excluding carboxylic acids is 2. The zero-order chi connectivity index (χ0) is 14.7. The molecule has 0 radical (unpaired) electrons. The summed E-state index contributed by atoms with van der Waals surface area (Å²) in [6.45, 7) is 7.16. The van der Waals surface area contributed by atoms with E-state index in [0.29, 0.717) is 6.61 Å². The van der Waals surface area contributed by atoms with Crippen molar-refractivity contribution in [1.29, 1.82) is 0 Å². The Balaban J connectivity index is 0.000000399. The monoisotopic (exact) mass is 265 g/mol. The van der Waals surface area contributed by atoms with Gasteiger partial charge in [0.1, 0.15) is 6.10 Å². The van der Waals surface area contributed by atoms with Gasteiger partial charge in [0.05, 0.1) is 6.61 Å². The van der Waals surface area contributed by atoms with E-state index in [9.17, 15) is 9.59 Å². The van der Waals surface area contributed by atoms with Crippen LogP contribution in [-0.4, -0.2) is 18.7 Å². The molecular formula is C14H19NO4. The molecule has 0 aliphatic carbocycles. The molecule has 0 spiro atoms. The molecule has 1 amide bonds. The van der Waals surface area contributed by atoms with E-state index in [1.54, 1.807) is 13.8 Å². The van der Waals surface area contributed by atoms with Crippen LogP contribution in [0.4, 0.5) is 4.79 Å². The normalized spacial score (nSPS) is 10.4. The Morgan fingerprint density at radius 1 is 1.37 bits per heavy atom. The van der Waals surface area contributed by atoms with Crippen LogP contribution in [0, 0.1) is 0 Å². The Bertz CT molecular complexity index is 403. The molecular weight excluding hydrogens is 246 g/mol. The van der Waals surface area contributed by atoms with Gasteiger partial charge in [-0.2, -0.15) is 0 Å². The molecule has 0 heterocycles. The minimum absolute atomic E-state index is 0.274. The standard InChI is InChI=1S/C9H11NO2.C5H8O2/c1-7(12-9(10)11)8-5-3-2-4-6-8;1-3-5(6)7-4-2/h2-7H,1H3,(H2,10,11);3H,1,4H2,2H3. The molecule has 1 rings (SSSR count). The van der Waals surface area contributed by atoms with E-state index in [2.05, 4.69) is 11.3 Å². The lowest BCUT2D eigenvalue weighted by atomic mass is 10.1. The fourth-order valence-electron chi connectivity index (χ4n) is 1.17. The number of hydrogen-bond donors (Lipinski definition) is 1. The summed E-state index contributed by atoms with van der Waals surface area (Å²) in [6, 6.07) is 9.44. The number of carbonyl (C=O) groups is 2. The van der Waals surface area contributed by atoms with E-state index < -0.39 is 6.09 Å². The SMILES string of the molecule is C=CC(=O)OCC.CC(OC(N)=O)c1ccccc1. The van der Waals surface area contributed by atoms with Gasteiger partial charge in [0, 0.05) is 6.08 Å². The number of benzene rings is 1. The number of nitrogens with two attached hydrogens (primary N) is 1. The average molecular weight is 265 g/mol. The second kappa shape index (κ2) is 9.70. The van der Waals surface area contributed by atoms with Crippen molar-refractivity contribution in [3.05, 3.63) is 48.6 Å². The van der Waals surface area contributed by atoms with Crippen LogP contribution in [0.25, 0.3) is 0 Å². The van der Waals surface area contributed by atoms with Crippen molar-refractivity contribution in [1.82, 2.24) is 0 Å². The molecule has 5 nitrogen and oxygen atoms in total. The quantitative estimate of drug-likeness (QED) is 0.670. The van der Waals surface area contributed by atoms with Gasteiger partial charge in [0.25, 0.3) is 0 Å². The highest BCUT2D eigenvalue weighted by atomic mass is 16.6. The second-order valence-electron chi connectivity index (χ2n) is 3.45. The van der Waals surface area contributed by atoms with E-state index in [1.165, 1.54) is 0 Å². The lowest BCUT2D eigenvalue weighted by molar-refractivity contribution is -0.137. The molecule has 0 saturated heterocycles. The smallest absolute Gasteiger partial charge is 0.405 e. The topological polar surface area (TPSA) is 78.6 Å². The van der Waals surface area contributed by atoms with Gasteiger partial charge in [-0.15, -0.1) is 0 Å². The molecule has 0 aliphatic heterocycles. The predicted molar refractivity (Wildman–Crippen MR) is 72.4 cm³/mol. The average Bonchev–Trinajstić information content (AvgIpc) is 2.40. The van der Waals surface area contributed by atoms with Crippen LogP contribution in [0.3, 0.4) is 0 Å². The molecule has 19 heavy (non-hydrogen) atoms. The fraction of sp³-hybridized carbons (Fsp3) is 0.286. The van der Waals surface area contributed by atoms with Crippen LogP contribution in [0.5, 0.6) is 0 Å². The zero-order valence-electron chi connectivity index (χ0n) is 11.2. The Morgan fingerprint density at radius 3 is 2.32 bits per heavy atom. The van der Waals surface area contributed by atoms with Crippen LogP contribution in [0.15, 0.2) is 43.0 Å². The molecule has 0 bridgehead atoms. The van der Waals surface area contributed by atoms with Gasteiger partial charge in [-0.05, 0) is 19.4 Å². The van der Waals surface area contributed by atoms with Crippen molar-refractivity contribution in [3.63, 3.8) is 0 Å². The first-order valence-electron chi connectivity index (χ1n) is 5.81. The fourth-order valence-corrected chi connectivity index (χ4v) is 1.17. The number of hydrogen-bond acceptors (Lipinski definition) is 4. The van der Waals surface area contributed by atoms with Crippen molar-refractivity contribution in [2.45, 2.75) is 20.0 Å². The summed E-state index contributed by atoms with van der Waals surface area (Å²) in [5, 5.41) is 0. The Morgan fingerprint density at radius 2 is 1.95 bits per heavy atom. The van der Waals surface area contributed by atoms with Crippen molar-refractivity contribution in [3.8, 4) is 0 Å². The van der Waals surface area contributed by atoms with Crippen LogP contribution >= 0.6 is 0 Å². The molecule has 5 heteroatoms. The van der Waals surface area contributed by atoms with E-state index in [1.807, 2.05) is 30.3 Å². The van der Waals surface area contributed by atoms with Gasteiger partial charge < -0.3 is 15.2 Å². The number of rotatable bonds is 4. The van der Waals surface area contributed by atoms with Gasteiger partial charge in [0.15, 0.2) is 0 Å². The molecule has 1 atom stereocenters. The summed E-state index contributed by atoms with van der Waals surface area (Å²) in [6.07, 6.45) is 0.124. The zero-order valence-corrected chi connectivity index (χ0v) is 11.2. The molecule has 0 fully saturated rings. The van der Waals surface area contributed by atoms with E-state index in [-0.39, 0.29) is 12.1 Å². The van der Waals surface area contributed by atoms with E-state index in [4.69, 9.17) is 10.5 Å². The summed E-state index contributed by atoms with van der Waals surface area (Å²) < 4.78 is 9.21. The summed E-state index contributed by atoms with van der Waals surface area (Å²) in [7, 11) is 0. The maximum absolute atomic E-state index is 10.4. The van der Waals surface area contributed by atoms with Crippen LogP contribution in [-0.2, 0) is 14.3 Å². The Kier molecular flexibility index (Phi) is 8.53. The first-order valence-corrected chi connectivity index (χ1v) is 5.81. The Hall–Kier alpha value is -2.30. The van der Waals surface area contributed by atoms with Crippen molar-refractivity contribution in [2.75, 3.05) is 6.61 Å². The highest BCUT2D eigenvalue weighted by Gasteiger charge is 2.06. The molecule has 0 aromatic heterocycles. The number of ether oxygens (including phenoxy) is 2. The molecule has 1 aromatic rings. The Labute approximate surface area is 113 Å². The molecule has 2 N–H and O–H groups in total. The maximum Gasteiger partial charge on any atom is 0.405 e. The van der Waals surface area contributed by atoms with E-state index >= 15 is 0 Å². The summed E-state index contributed by atoms with van der Waals surface area (Å²) in [5.41, 5.74) is 5.81. The number of amides is 1. The first-order chi connectivity index (χ1) is 9.01. The van der Waals surface area contributed by atoms with Crippen LogP contribution in [0.1, 0.15) is 25.5 Å². The van der Waals surface area contributed by atoms with Crippen molar-refractivity contribution >= 4 is 12.1 Å². The van der Waals surface area contributed by atoms with Crippen molar-refractivity contribution in [2.24, 2.45) is 5.73 Å². The highest BCUT2D eigenvalue weighted by molar-refractivity contribution is 5.81. The predicted octanol–water partition coefficient (Wildman–Crippen LogP) is 2.58. The number of primary amides is 1. The third-order valence-electron chi connectivity index (χ3n) is 2.02. The largest absolute Gasteiger partial charge is 0.463 e. The molecule has 1 unspecified atom stereocenters. The minimum atomic E-state index is -0.744. The maximum atomic E-state index is 10.4. The van der Waals surface area contributed by atoms with Gasteiger partial charge in [-0.1, -0.05) is 36.9 Å². The van der Waals surface area contributed by atoms with Gasteiger partial charge in [0.2, 0.25) is 0 Å². The van der Waals surface area contributed by atoms with E-state index in [0.717, 1.165) is 11.6 Å². The molecule has 104 valence electrons. The second-order valence-corrected chi connectivity index (χ2v) is 3.45. The van der Waals surface area contributed by atoms with Gasteiger partial charge >= 0.3 is 12.1 Å². The summed E-state index contributed by atoms with van der Waals surface area (Å²) >= 11 is 0. The number of esters is 1. The van der Waals surface area contributed by atoms with Crippen LogP contribution in [0.2, 0.25) is 0 Å². The van der Waals surface area contributed by atoms with Crippen molar-refractivity contribution < 1.29 is 19.1 Å². The molecule has 0 aliphatic rings. The molecule has 1 aromatic carbocycles. The third-order valence-corrected chi connectivity index (χ3v) is 2.02. The van der Waals surface area contributed by atoms with Gasteiger partial charge in [-0.3, -0.25) is 0 Å². The lowest BCUT2D eigenvalue weighted by Gasteiger charge is -2.10. The van der Waals surface area contributed by atoms with Gasteiger partial charge in [-0.25, -0.2) is 9.59 Å².